The van der Waals surface area contributed by atoms with Crippen LogP contribution in [0.5, 0.6) is 0 Å². The van der Waals surface area contributed by atoms with Crippen LogP contribution in [0.3, 0.4) is 0 Å². The van der Waals surface area contributed by atoms with Crippen molar-refractivity contribution in [3.63, 3.8) is 0 Å². The summed E-state index contributed by atoms with van der Waals surface area (Å²) in [5.41, 5.74) is 1.55. The third-order valence-electron chi connectivity index (χ3n) is 3.22. The second-order valence-corrected chi connectivity index (χ2v) is 7.70. The van der Waals surface area contributed by atoms with Gasteiger partial charge in [0.05, 0.1) is 11.5 Å². The molecule has 0 fully saturated rings. The van der Waals surface area contributed by atoms with E-state index in [9.17, 15) is 13.5 Å². The minimum atomic E-state index is -3.52. The Balaban J connectivity index is 3.26. The summed E-state index contributed by atoms with van der Waals surface area (Å²) < 4.78 is 27.0. The Labute approximate surface area is 122 Å². The Morgan fingerprint density at radius 2 is 1.80 bits per heavy atom. The van der Waals surface area contributed by atoms with E-state index in [1.165, 1.54) is 4.31 Å². The highest BCUT2D eigenvalue weighted by Crippen LogP contribution is 2.22. The molecule has 0 saturated carbocycles. The van der Waals surface area contributed by atoms with E-state index < -0.39 is 10.0 Å². The summed E-state index contributed by atoms with van der Waals surface area (Å²) >= 11 is 0. The SMILES string of the molecule is Cc1ccc(S(=O)(=O)N(CC(C)C)C(C)C)cc1CO. The maximum atomic E-state index is 12.7. The molecule has 1 aromatic rings. The van der Waals surface area contributed by atoms with Crippen LogP contribution in [0.1, 0.15) is 38.8 Å². The maximum Gasteiger partial charge on any atom is 0.243 e. The summed E-state index contributed by atoms with van der Waals surface area (Å²) in [7, 11) is -3.52. The van der Waals surface area contributed by atoms with Crippen LogP contribution in [0.4, 0.5) is 0 Å². The Bertz CT molecular complexity index is 550. The van der Waals surface area contributed by atoms with Gasteiger partial charge in [-0.3, -0.25) is 0 Å². The zero-order chi connectivity index (χ0) is 15.5. The third kappa shape index (κ3) is 3.81. The maximum absolute atomic E-state index is 12.7. The van der Waals surface area contributed by atoms with Gasteiger partial charge in [0.2, 0.25) is 10.0 Å². The lowest BCUT2D eigenvalue weighted by Gasteiger charge is -2.27. The van der Waals surface area contributed by atoms with Gasteiger partial charge < -0.3 is 5.11 Å². The van der Waals surface area contributed by atoms with Crippen LogP contribution in [-0.2, 0) is 16.6 Å². The average Bonchev–Trinajstić information content (AvgIpc) is 2.35. The van der Waals surface area contributed by atoms with Crippen LogP contribution in [0, 0.1) is 12.8 Å². The van der Waals surface area contributed by atoms with Gasteiger partial charge in [-0.15, -0.1) is 0 Å². The van der Waals surface area contributed by atoms with E-state index in [1.807, 2.05) is 34.6 Å². The van der Waals surface area contributed by atoms with Crippen molar-refractivity contribution < 1.29 is 13.5 Å². The number of hydrogen-bond acceptors (Lipinski definition) is 3. The smallest absolute Gasteiger partial charge is 0.243 e. The number of nitrogens with zero attached hydrogens (tertiary/aromatic N) is 1. The number of aliphatic hydroxyl groups is 1. The van der Waals surface area contributed by atoms with E-state index in [1.54, 1.807) is 18.2 Å². The van der Waals surface area contributed by atoms with E-state index in [0.717, 1.165) is 5.56 Å². The molecule has 0 aliphatic carbocycles. The van der Waals surface area contributed by atoms with Crippen molar-refractivity contribution in [1.29, 1.82) is 0 Å². The number of hydrogen-bond donors (Lipinski definition) is 1. The molecule has 0 atom stereocenters. The fraction of sp³-hybridized carbons (Fsp3) is 0.600. The van der Waals surface area contributed by atoms with Crippen molar-refractivity contribution in [2.24, 2.45) is 5.92 Å². The molecule has 0 aliphatic heterocycles. The minimum Gasteiger partial charge on any atom is -0.392 e. The highest BCUT2D eigenvalue weighted by molar-refractivity contribution is 7.89. The summed E-state index contributed by atoms with van der Waals surface area (Å²) in [4.78, 5) is 0.251. The normalized spacial score (nSPS) is 12.7. The summed E-state index contributed by atoms with van der Waals surface area (Å²) in [6, 6.07) is 4.83. The molecule has 114 valence electrons. The van der Waals surface area contributed by atoms with Gasteiger partial charge in [-0.1, -0.05) is 19.9 Å². The lowest BCUT2D eigenvalue weighted by atomic mass is 10.1. The van der Waals surface area contributed by atoms with Gasteiger partial charge in [0.1, 0.15) is 0 Å². The fourth-order valence-corrected chi connectivity index (χ4v) is 3.91. The number of aryl methyl sites for hydroxylation is 1. The summed E-state index contributed by atoms with van der Waals surface area (Å²) in [5.74, 6) is 0.259. The lowest BCUT2D eigenvalue weighted by Crippen LogP contribution is -2.39. The molecule has 20 heavy (non-hydrogen) atoms. The first-order chi connectivity index (χ1) is 9.20. The van der Waals surface area contributed by atoms with E-state index in [4.69, 9.17) is 0 Å². The number of aliphatic hydroxyl groups excluding tert-OH is 1. The van der Waals surface area contributed by atoms with Gasteiger partial charge in [-0.25, -0.2) is 8.42 Å². The predicted octanol–water partition coefficient (Wildman–Crippen LogP) is 2.54. The lowest BCUT2D eigenvalue weighted by molar-refractivity contribution is 0.280. The van der Waals surface area contributed by atoms with Gasteiger partial charge >= 0.3 is 0 Å². The molecule has 0 aromatic heterocycles. The number of sulfonamides is 1. The van der Waals surface area contributed by atoms with Crippen LogP contribution in [0.2, 0.25) is 0 Å². The van der Waals surface area contributed by atoms with Gasteiger partial charge in [-0.2, -0.15) is 4.31 Å². The zero-order valence-electron chi connectivity index (χ0n) is 12.9. The van der Waals surface area contributed by atoms with Crippen molar-refractivity contribution >= 4 is 10.0 Å². The summed E-state index contributed by atoms with van der Waals surface area (Å²) in [6.07, 6.45) is 0. The topological polar surface area (TPSA) is 57.6 Å². The second-order valence-electron chi connectivity index (χ2n) is 5.81. The highest BCUT2D eigenvalue weighted by atomic mass is 32.2. The molecule has 1 aromatic carbocycles. The first-order valence-electron chi connectivity index (χ1n) is 6.92. The summed E-state index contributed by atoms with van der Waals surface area (Å²) in [5, 5.41) is 9.29. The second kappa shape index (κ2) is 6.70. The predicted molar refractivity (Wildman–Crippen MR) is 81.0 cm³/mol. The van der Waals surface area contributed by atoms with E-state index >= 15 is 0 Å². The first-order valence-corrected chi connectivity index (χ1v) is 8.36. The Morgan fingerprint density at radius 3 is 2.25 bits per heavy atom. The van der Waals surface area contributed by atoms with Gasteiger partial charge in [-0.05, 0) is 49.9 Å². The molecule has 5 heteroatoms. The zero-order valence-corrected chi connectivity index (χ0v) is 13.7. The molecule has 0 bridgehead atoms. The molecular formula is C15H25NO3S. The Kier molecular flexibility index (Phi) is 5.74. The van der Waals surface area contributed by atoms with E-state index in [2.05, 4.69) is 0 Å². The monoisotopic (exact) mass is 299 g/mol. The van der Waals surface area contributed by atoms with Crippen molar-refractivity contribution in [3.8, 4) is 0 Å². The Morgan fingerprint density at radius 1 is 1.20 bits per heavy atom. The molecule has 0 heterocycles. The quantitative estimate of drug-likeness (QED) is 0.878. The van der Waals surface area contributed by atoms with Gasteiger partial charge in [0.15, 0.2) is 0 Å². The van der Waals surface area contributed by atoms with Crippen LogP contribution in [0.15, 0.2) is 23.1 Å². The van der Waals surface area contributed by atoms with Crippen LogP contribution in [-0.4, -0.2) is 30.4 Å². The molecule has 0 spiro atoms. The minimum absolute atomic E-state index is 0.0960. The van der Waals surface area contributed by atoms with Crippen LogP contribution < -0.4 is 0 Å². The van der Waals surface area contributed by atoms with Gasteiger partial charge in [0, 0.05) is 12.6 Å². The van der Waals surface area contributed by atoms with Gasteiger partial charge in [0.25, 0.3) is 0 Å². The van der Waals surface area contributed by atoms with Crippen molar-refractivity contribution in [1.82, 2.24) is 4.31 Å². The molecule has 0 saturated heterocycles. The van der Waals surface area contributed by atoms with Crippen molar-refractivity contribution in [2.45, 2.75) is 52.2 Å². The van der Waals surface area contributed by atoms with E-state index in [-0.39, 0.29) is 23.5 Å². The van der Waals surface area contributed by atoms with E-state index in [0.29, 0.717) is 12.1 Å². The van der Waals surface area contributed by atoms with Crippen LogP contribution >= 0.6 is 0 Å². The molecule has 0 amide bonds. The standard InChI is InChI=1S/C15H25NO3S/c1-11(2)9-16(12(3)4)20(18,19)15-7-6-13(5)14(8-15)10-17/h6-8,11-12,17H,9-10H2,1-5H3. The largest absolute Gasteiger partial charge is 0.392 e. The number of benzene rings is 1. The average molecular weight is 299 g/mol. The molecule has 1 N–H and O–H groups in total. The molecule has 0 aliphatic rings. The molecule has 0 radical (unpaired) electrons. The fourth-order valence-electron chi connectivity index (χ4n) is 2.06. The molecule has 1 rings (SSSR count). The molecular weight excluding hydrogens is 274 g/mol. The summed E-state index contributed by atoms with van der Waals surface area (Å²) in [6.45, 7) is 9.94. The third-order valence-corrected chi connectivity index (χ3v) is 5.26. The molecule has 4 nitrogen and oxygen atoms in total. The molecule has 0 unspecified atom stereocenters. The van der Waals surface area contributed by atoms with Crippen molar-refractivity contribution in [3.05, 3.63) is 29.3 Å². The van der Waals surface area contributed by atoms with Crippen LogP contribution in [0.25, 0.3) is 0 Å². The Hall–Kier alpha value is -0.910. The van der Waals surface area contributed by atoms with Crippen molar-refractivity contribution in [2.75, 3.05) is 6.54 Å². The number of rotatable bonds is 6. The first kappa shape index (κ1) is 17.1. The highest BCUT2D eigenvalue weighted by Gasteiger charge is 2.27.